The molecule has 1 N–H and O–H groups in total. The van der Waals surface area contributed by atoms with Gasteiger partial charge in [-0.3, -0.25) is 4.79 Å². The minimum Gasteiger partial charge on any atom is -0.491 e. The van der Waals surface area contributed by atoms with Crippen molar-refractivity contribution in [3.05, 3.63) is 65.5 Å². The predicted octanol–water partition coefficient (Wildman–Crippen LogP) is 3.95. The Morgan fingerprint density at radius 2 is 1.83 bits per heavy atom. The van der Waals surface area contributed by atoms with Gasteiger partial charge in [-0.25, -0.2) is 4.39 Å². The smallest absolute Gasteiger partial charge is 0.230 e. The van der Waals surface area contributed by atoms with Crippen molar-refractivity contribution in [2.45, 2.75) is 25.6 Å². The van der Waals surface area contributed by atoms with Crippen molar-refractivity contribution in [1.82, 2.24) is 5.32 Å². The molecular formula is C19H22FNO2S. The van der Waals surface area contributed by atoms with E-state index in [-0.39, 0.29) is 17.8 Å². The fourth-order valence-corrected chi connectivity index (χ4v) is 2.86. The van der Waals surface area contributed by atoms with E-state index in [1.165, 1.54) is 29.5 Å². The van der Waals surface area contributed by atoms with Crippen LogP contribution in [-0.2, 0) is 10.5 Å². The molecule has 0 bridgehead atoms. The third-order valence-electron chi connectivity index (χ3n) is 3.34. The summed E-state index contributed by atoms with van der Waals surface area (Å²) in [5, 5.41) is 2.91. The number of thioether (sulfide) groups is 1. The summed E-state index contributed by atoms with van der Waals surface area (Å²) in [6.07, 6.45) is 0. The molecule has 2 rings (SSSR count). The number of carbonyl (C=O) groups is 1. The Kier molecular flexibility index (Phi) is 7.12. The van der Waals surface area contributed by atoms with Gasteiger partial charge in [0, 0.05) is 5.75 Å². The SMILES string of the molecule is Cc1ccc(OCC(C)NC(=O)CSCc2ccc(F)cc2)cc1. The Bertz CT molecular complexity index is 643. The highest BCUT2D eigenvalue weighted by Crippen LogP contribution is 2.13. The quantitative estimate of drug-likeness (QED) is 0.786. The van der Waals surface area contributed by atoms with Crippen LogP contribution in [0.15, 0.2) is 48.5 Å². The standard InChI is InChI=1S/C19H22FNO2S/c1-14-3-9-18(10-4-14)23-11-15(2)21-19(22)13-24-12-16-5-7-17(20)8-6-16/h3-10,15H,11-13H2,1-2H3,(H,21,22). The normalized spacial score (nSPS) is 11.8. The van der Waals surface area contributed by atoms with Gasteiger partial charge in [0.15, 0.2) is 0 Å². The molecule has 0 radical (unpaired) electrons. The summed E-state index contributed by atoms with van der Waals surface area (Å²) in [6.45, 7) is 4.37. The van der Waals surface area contributed by atoms with Gasteiger partial charge in [-0.1, -0.05) is 29.8 Å². The van der Waals surface area contributed by atoms with Crippen molar-refractivity contribution in [1.29, 1.82) is 0 Å². The molecule has 0 aliphatic carbocycles. The first-order chi connectivity index (χ1) is 11.5. The van der Waals surface area contributed by atoms with Crippen molar-refractivity contribution < 1.29 is 13.9 Å². The average Bonchev–Trinajstić information content (AvgIpc) is 2.56. The van der Waals surface area contributed by atoms with Crippen molar-refractivity contribution >= 4 is 17.7 Å². The van der Waals surface area contributed by atoms with E-state index in [4.69, 9.17) is 4.74 Å². The number of carbonyl (C=O) groups excluding carboxylic acids is 1. The molecule has 0 aliphatic rings. The Balaban J connectivity index is 1.64. The number of nitrogens with one attached hydrogen (secondary N) is 1. The number of hydrogen-bond donors (Lipinski definition) is 1. The van der Waals surface area contributed by atoms with Gasteiger partial charge >= 0.3 is 0 Å². The van der Waals surface area contributed by atoms with Crippen LogP contribution in [-0.4, -0.2) is 24.3 Å². The monoisotopic (exact) mass is 347 g/mol. The van der Waals surface area contributed by atoms with Crippen LogP contribution in [0.25, 0.3) is 0 Å². The molecule has 2 aromatic carbocycles. The van der Waals surface area contributed by atoms with Crippen LogP contribution in [0.4, 0.5) is 4.39 Å². The van der Waals surface area contributed by atoms with E-state index in [1.54, 1.807) is 12.1 Å². The van der Waals surface area contributed by atoms with Crippen molar-refractivity contribution in [3.8, 4) is 5.75 Å². The maximum Gasteiger partial charge on any atom is 0.230 e. The highest BCUT2D eigenvalue weighted by atomic mass is 32.2. The molecule has 2 aromatic rings. The van der Waals surface area contributed by atoms with E-state index in [1.807, 2.05) is 38.1 Å². The van der Waals surface area contributed by atoms with E-state index in [9.17, 15) is 9.18 Å². The van der Waals surface area contributed by atoms with E-state index in [2.05, 4.69) is 5.32 Å². The first kappa shape index (κ1) is 18.3. The maximum atomic E-state index is 12.8. The van der Waals surface area contributed by atoms with Crippen LogP contribution in [0, 0.1) is 12.7 Å². The van der Waals surface area contributed by atoms with E-state index in [0.717, 1.165) is 11.3 Å². The minimum absolute atomic E-state index is 0.0258. The second kappa shape index (κ2) is 9.33. The zero-order chi connectivity index (χ0) is 17.4. The van der Waals surface area contributed by atoms with E-state index >= 15 is 0 Å². The zero-order valence-corrected chi connectivity index (χ0v) is 14.7. The number of rotatable bonds is 8. The molecule has 1 atom stereocenters. The second-order valence-electron chi connectivity index (χ2n) is 5.71. The first-order valence-corrected chi connectivity index (χ1v) is 8.99. The maximum absolute atomic E-state index is 12.8. The van der Waals surface area contributed by atoms with Crippen LogP contribution in [0.5, 0.6) is 5.75 Å². The van der Waals surface area contributed by atoms with Crippen molar-refractivity contribution in [3.63, 3.8) is 0 Å². The third kappa shape index (κ3) is 6.62. The van der Waals surface area contributed by atoms with Crippen LogP contribution in [0.3, 0.4) is 0 Å². The van der Waals surface area contributed by atoms with Gasteiger partial charge in [0.2, 0.25) is 5.91 Å². The fourth-order valence-electron chi connectivity index (χ4n) is 2.06. The average molecular weight is 347 g/mol. The summed E-state index contributed by atoms with van der Waals surface area (Å²) in [5.74, 6) is 1.58. The van der Waals surface area contributed by atoms with Gasteiger partial charge in [0.1, 0.15) is 18.2 Å². The molecule has 0 aromatic heterocycles. The molecule has 1 unspecified atom stereocenters. The highest BCUT2D eigenvalue weighted by Gasteiger charge is 2.08. The zero-order valence-electron chi connectivity index (χ0n) is 13.9. The first-order valence-electron chi connectivity index (χ1n) is 7.84. The van der Waals surface area contributed by atoms with Crippen LogP contribution < -0.4 is 10.1 Å². The second-order valence-corrected chi connectivity index (χ2v) is 6.70. The number of amides is 1. The molecule has 0 aliphatic heterocycles. The van der Waals surface area contributed by atoms with Gasteiger partial charge in [-0.05, 0) is 43.7 Å². The molecule has 0 saturated carbocycles. The predicted molar refractivity (Wildman–Crippen MR) is 96.8 cm³/mol. The van der Waals surface area contributed by atoms with Crippen LogP contribution in [0.2, 0.25) is 0 Å². The number of hydrogen-bond acceptors (Lipinski definition) is 3. The summed E-state index contributed by atoms with van der Waals surface area (Å²) >= 11 is 1.50. The lowest BCUT2D eigenvalue weighted by Crippen LogP contribution is -2.37. The molecule has 0 heterocycles. The van der Waals surface area contributed by atoms with Gasteiger partial charge in [-0.2, -0.15) is 0 Å². The van der Waals surface area contributed by atoms with Crippen molar-refractivity contribution in [2.24, 2.45) is 0 Å². The Labute approximate surface area is 146 Å². The number of aryl methyl sites for hydroxylation is 1. The van der Waals surface area contributed by atoms with E-state index < -0.39 is 0 Å². The van der Waals surface area contributed by atoms with Gasteiger partial charge in [-0.15, -0.1) is 11.8 Å². The topological polar surface area (TPSA) is 38.3 Å². The Morgan fingerprint density at radius 1 is 1.17 bits per heavy atom. The molecule has 1 amide bonds. The summed E-state index contributed by atoms with van der Waals surface area (Å²) in [6, 6.07) is 14.1. The van der Waals surface area contributed by atoms with Crippen LogP contribution in [0.1, 0.15) is 18.1 Å². The highest BCUT2D eigenvalue weighted by molar-refractivity contribution is 7.99. The Hall–Kier alpha value is -2.01. The Morgan fingerprint density at radius 3 is 2.50 bits per heavy atom. The van der Waals surface area contributed by atoms with Gasteiger partial charge in [0.05, 0.1) is 11.8 Å². The van der Waals surface area contributed by atoms with Crippen molar-refractivity contribution in [2.75, 3.05) is 12.4 Å². The van der Waals surface area contributed by atoms with Crippen LogP contribution >= 0.6 is 11.8 Å². The molecular weight excluding hydrogens is 325 g/mol. The number of benzene rings is 2. The molecule has 3 nitrogen and oxygen atoms in total. The van der Waals surface area contributed by atoms with Gasteiger partial charge < -0.3 is 10.1 Å². The lowest BCUT2D eigenvalue weighted by molar-refractivity contribution is -0.119. The lowest BCUT2D eigenvalue weighted by Gasteiger charge is -2.15. The molecule has 24 heavy (non-hydrogen) atoms. The summed E-state index contributed by atoms with van der Waals surface area (Å²) in [5.41, 5.74) is 2.19. The third-order valence-corrected chi connectivity index (χ3v) is 4.35. The number of halogens is 1. The molecule has 0 saturated heterocycles. The minimum atomic E-state index is -0.246. The molecule has 0 spiro atoms. The van der Waals surface area contributed by atoms with E-state index in [0.29, 0.717) is 18.1 Å². The largest absolute Gasteiger partial charge is 0.491 e. The fraction of sp³-hybridized carbons (Fsp3) is 0.316. The summed E-state index contributed by atoms with van der Waals surface area (Å²) in [4.78, 5) is 11.9. The molecule has 128 valence electrons. The molecule has 5 heteroatoms. The summed E-state index contributed by atoms with van der Waals surface area (Å²) in [7, 11) is 0. The lowest BCUT2D eigenvalue weighted by atomic mass is 10.2. The summed E-state index contributed by atoms with van der Waals surface area (Å²) < 4.78 is 18.5. The van der Waals surface area contributed by atoms with Gasteiger partial charge in [0.25, 0.3) is 0 Å². The molecule has 0 fully saturated rings. The number of ether oxygens (including phenoxy) is 1.